The van der Waals surface area contributed by atoms with Gasteiger partial charge in [-0.1, -0.05) is 43.7 Å². The first kappa shape index (κ1) is 13.2. The summed E-state index contributed by atoms with van der Waals surface area (Å²) >= 11 is 0. The monoisotopic (exact) mass is 219 g/mol. The van der Waals surface area contributed by atoms with Crippen LogP contribution in [0.15, 0.2) is 24.3 Å². The van der Waals surface area contributed by atoms with Gasteiger partial charge in [-0.05, 0) is 44.7 Å². The Balaban J connectivity index is 2.65. The molecule has 0 radical (unpaired) electrons. The lowest BCUT2D eigenvalue weighted by Crippen LogP contribution is -2.29. The minimum Gasteiger partial charge on any atom is -0.317 e. The highest BCUT2D eigenvalue weighted by Crippen LogP contribution is 2.27. The molecule has 1 nitrogen and oxygen atoms in total. The maximum absolute atomic E-state index is 3.32. The highest BCUT2D eigenvalue weighted by molar-refractivity contribution is 5.23. The second kappa shape index (κ2) is 5.49. The zero-order valence-corrected chi connectivity index (χ0v) is 11.3. The number of hydrogen-bond acceptors (Lipinski definition) is 1. The molecule has 1 N–H and O–H groups in total. The van der Waals surface area contributed by atoms with Crippen molar-refractivity contribution in [3.8, 4) is 0 Å². The van der Waals surface area contributed by atoms with Crippen LogP contribution >= 0.6 is 0 Å². The normalized spacial score (nSPS) is 13.8. The van der Waals surface area contributed by atoms with Crippen LogP contribution in [0.4, 0.5) is 0 Å². The molecule has 0 fully saturated rings. The molecule has 90 valence electrons. The molecule has 1 heteroatoms. The van der Waals surface area contributed by atoms with Crippen molar-refractivity contribution in [1.29, 1.82) is 0 Å². The third-order valence-corrected chi connectivity index (χ3v) is 3.12. The van der Waals surface area contributed by atoms with E-state index in [4.69, 9.17) is 0 Å². The molecule has 0 aliphatic rings. The Morgan fingerprint density at radius 3 is 2.56 bits per heavy atom. The minimum absolute atomic E-state index is 0.357. The molecule has 0 heterocycles. The SMILES string of the molecule is CNC(C)CC(C)(C)Cc1cccc(C)c1. The summed E-state index contributed by atoms with van der Waals surface area (Å²) < 4.78 is 0. The Morgan fingerprint density at radius 1 is 1.31 bits per heavy atom. The summed E-state index contributed by atoms with van der Waals surface area (Å²) in [6.07, 6.45) is 2.36. The molecule has 0 bridgehead atoms. The van der Waals surface area contributed by atoms with Gasteiger partial charge >= 0.3 is 0 Å². The highest BCUT2D eigenvalue weighted by atomic mass is 14.9. The Labute approximate surface area is 100 Å². The zero-order chi connectivity index (χ0) is 12.2. The summed E-state index contributed by atoms with van der Waals surface area (Å²) in [5.74, 6) is 0. The average Bonchev–Trinajstić information content (AvgIpc) is 2.15. The van der Waals surface area contributed by atoms with Gasteiger partial charge in [-0.2, -0.15) is 0 Å². The van der Waals surface area contributed by atoms with Crippen molar-refractivity contribution in [2.45, 2.75) is 46.6 Å². The largest absolute Gasteiger partial charge is 0.317 e. The third kappa shape index (κ3) is 4.36. The van der Waals surface area contributed by atoms with E-state index in [9.17, 15) is 0 Å². The van der Waals surface area contributed by atoms with Crippen LogP contribution in [0, 0.1) is 12.3 Å². The minimum atomic E-state index is 0.357. The maximum atomic E-state index is 3.32. The van der Waals surface area contributed by atoms with Gasteiger partial charge < -0.3 is 5.32 Å². The van der Waals surface area contributed by atoms with E-state index in [1.54, 1.807) is 0 Å². The molecule has 1 unspecified atom stereocenters. The fourth-order valence-corrected chi connectivity index (χ4v) is 2.38. The molecular formula is C15H25N. The van der Waals surface area contributed by atoms with Crippen LogP contribution in [-0.4, -0.2) is 13.1 Å². The van der Waals surface area contributed by atoms with Crippen LogP contribution in [0.5, 0.6) is 0 Å². The summed E-state index contributed by atoms with van der Waals surface area (Å²) in [5.41, 5.74) is 3.17. The van der Waals surface area contributed by atoms with Gasteiger partial charge in [0.15, 0.2) is 0 Å². The van der Waals surface area contributed by atoms with Crippen molar-refractivity contribution in [3.63, 3.8) is 0 Å². The molecule has 0 amide bonds. The fraction of sp³-hybridized carbons (Fsp3) is 0.600. The quantitative estimate of drug-likeness (QED) is 0.798. The maximum Gasteiger partial charge on any atom is 0.00409 e. The first-order chi connectivity index (χ1) is 7.43. The van der Waals surface area contributed by atoms with Gasteiger partial charge in [0.2, 0.25) is 0 Å². The lowest BCUT2D eigenvalue weighted by molar-refractivity contribution is 0.293. The molecule has 0 aliphatic carbocycles. The molecule has 1 aromatic rings. The third-order valence-electron chi connectivity index (χ3n) is 3.12. The predicted octanol–water partition coefficient (Wildman–Crippen LogP) is 3.56. The number of benzene rings is 1. The summed E-state index contributed by atoms with van der Waals surface area (Å²) in [6, 6.07) is 9.43. The molecule has 16 heavy (non-hydrogen) atoms. The van der Waals surface area contributed by atoms with Gasteiger partial charge in [0.05, 0.1) is 0 Å². The van der Waals surface area contributed by atoms with Crippen LogP contribution < -0.4 is 5.32 Å². The highest BCUT2D eigenvalue weighted by Gasteiger charge is 2.20. The molecule has 0 aromatic heterocycles. The van der Waals surface area contributed by atoms with Crippen molar-refractivity contribution in [3.05, 3.63) is 35.4 Å². The van der Waals surface area contributed by atoms with Gasteiger partial charge in [0, 0.05) is 6.04 Å². The number of nitrogens with one attached hydrogen (secondary N) is 1. The summed E-state index contributed by atoms with van der Waals surface area (Å²) in [7, 11) is 2.04. The van der Waals surface area contributed by atoms with Crippen molar-refractivity contribution in [2.75, 3.05) is 7.05 Å². The summed E-state index contributed by atoms with van der Waals surface area (Å²) in [5, 5.41) is 3.32. The molecule has 1 rings (SSSR count). The van der Waals surface area contributed by atoms with Crippen LogP contribution in [-0.2, 0) is 6.42 Å². The lowest BCUT2D eigenvalue weighted by Gasteiger charge is -2.28. The Bertz CT molecular complexity index is 328. The van der Waals surface area contributed by atoms with E-state index in [2.05, 4.69) is 57.3 Å². The van der Waals surface area contributed by atoms with E-state index in [-0.39, 0.29) is 0 Å². The van der Waals surface area contributed by atoms with Crippen molar-refractivity contribution in [2.24, 2.45) is 5.41 Å². The van der Waals surface area contributed by atoms with E-state index >= 15 is 0 Å². The Kier molecular flexibility index (Phi) is 4.55. The lowest BCUT2D eigenvalue weighted by atomic mass is 9.80. The van der Waals surface area contributed by atoms with Crippen molar-refractivity contribution >= 4 is 0 Å². The fourth-order valence-electron chi connectivity index (χ4n) is 2.38. The van der Waals surface area contributed by atoms with Gasteiger partial charge in [-0.15, -0.1) is 0 Å². The van der Waals surface area contributed by atoms with Gasteiger partial charge in [0.25, 0.3) is 0 Å². The molecular weight excluding hydrogens is 194 g/mol. The van der Waals surface area contributed by atoms with Crippen LogP contribution in [0.3, 0.4) is 0 Å². The second-order valence-corrected chi connectivity index (χ2v) is 5.72. The predicted molar refractivity (Wildman–Crippen MR) is 71.8 cm³/mol. The average molecular weight is 219 g/mol. The molecule has 1 atom stereocenters. The van der Waals surface area contributed by atoms with E-state index in [0.717, 1.165) is 6.42 Å². The topological polar surface area (TPSA) is 12.0 Å². The Hall–Kier alpha value is -0.820. The van der Waals surface area contributed by atoms with Crippen LogP contribution in [0.1, 0.15) is 38.3 Å². The molecule has 0 aliphatic heterocycles. The second-order valence-electron chi connectivity index (χ2n) is 5.72. The standard InChI is InChI=1S/C15H25N/c1-12-7-6-8-14(9-12)11-15(3,4)10-13(2)16-5/h6-9,13,16H,10-11H2,1-5H3. The first-order valence-electron chi connectivity index (χ1n) is 6.16. The van der Waals surface area contributed by atoms with E-state index in [1.807, 2.05) is 7.05 Å². The summed E-state index contributed by atoms with van der Waals surface area (Å²) in [6.45, 7) is 9.11. The molecule has 0 saturated carbocycles. The van der Waals surface area contributed by atoms with E-state index < -0.39 is 0 Å². The summed E-state index contributed by atoms with van der Waals surface area (Å²) in [4.78, 5) is 0. The van der Waals surface area contributed by atoms with Crippen molar-refractivity contribution < 1.29 is 0 Å². The van der Waals surface area contributed by atoms with E-state index in [0.29, 0.717) is 11.5 Å². The van der Waals surface area contributed by atoms with Gasteiger partial charge in [0.1, 0.15) is 0 Å². The number of hydrogen-bond donors (Lipinski definition) is 1. The van der Waals surface area contributed by atoms with Crippen molar-refractivity contribution in [1.82, 2.24) is 5.32 Å². The molecule has 0 saturated heterocycles. The first-order valence-corrected chi connectivity index (χ1v) is 6.16. The zero-order valence-electron chi connectivity index (χ0n) is 11.3. The Morgan fingerprint density at radius 2 is 2.00 bits per heavy atom. The van der Waals surface area contributed by atoms with Gasteiger partial charge in [-0.3, -0.25) is 0 Å². The van der Waals surface area contributed by atoms with Crippen LogP contribution in [0.25, 0.3) is 0 Å². The van der Waals surface area contributed by atoms with E-state index in [1.165, 1.54) is 17.5 Å². The van der Waals surface area contributed by atoms with Gasteiger partial charge in [-0.25, -0.2) is 0 Å². The number of aryl methyl sites for hydroxylation is 1. The molecule has 0 spiro atoms. The smallest absolute Gasteiger partial charge is 0.00409 e. The van der Waals surface area contributed by atoms with Crippen LogP contribution in [0.2, 0.25) is 0 Å². The number of rotatable bonds is 5. The molecule has 1 aromatic carbocycles.